The number of rotatable bonds is 3. The number of hydrogen-bond acceptors (Lipinski definition) is 6. The molecule has 3 aliphatic rings. The van der Waals surface area contributed by atoms with Gasteiger partial charge in [0.05, 0.1) is 12.2 Å². The molecule has 2 aromatic carbocycles. The van der Waals surface area contributed by atoms with Crippen molar-refractivity contribution in [3.63, 3.8) is 0 Å². The number of allylic oxidation sites excluding steroid dienone is 1. The number of nitrogens with one attached hydrogen (secondary N) is 1. The van der Waals surface area contributed by atoms with Gasteiger partial charge in [-0.15, -0.1) is 0 Å². The third kappa shape index (κ3) is 3.37. The molecule has 186 valence electrons. The minimum atomic E-state index is -0.647. The van der Waals surface area contributed by atoms with E-state index in [0.29, 0.717) is 11.3 Å². The van der Waals surface area contributed by atoms with Crippen molar-refractivity contribution < 1.29 is 9.53 Å². The summed E-state index contributed by atoms with van der Waals surface area (Å²) in [6.45, 7) is 9.47. The van der Waals surface area contributed by atoms with Crippen molar-refractivity contribution in [2.24, 2.45) is 0 Å². The number of hydrogen-bond donors (Lipinski definition) is 1. The third-order valence-electron chi connectivity index (χ3n) is 7.45. The number of benzene rings is 2. The summed E-state index contributed by atoms with van der Waals surface area (Å²) >= 11 is 0. The van der Waals surface area contributed by atoms with Crippen molar-refractivity contribution in [2.75, 3.05) is 31.1 Å². The first-order valence-corrected chi connectivity index (χ1v) is 12.3. The Morgan fingerprint density at radius 2 is 1.69 bits per heavy atom. The molecule has 36 heavy (non-hydrogen) atoms. The zero-order valence-corrected chi connectivity index (χ0v) is 20.7. The molecule has 1 N–H and O–H groups in total. The lowest BCUT2D eigenvalue weighted by Crippen LogP contribution is -2.46. The second-order valence-electron chi connectivity index (χ2n) is 10.1. The summed E-state index contributed by atoms with van der Waals surface area (Å²) in [6, 6.07) is 12.3. The van der Waals surface area contributed by atoms with Crippen LogP contribution in [0.25, 0.3) is 5.69 Å². The molecule has 1 atom stereocenters. The van der Waals surface area contributed by atoms with E-state index >= 15 is 0 Å². The van der Waals surface area contributed by atoms with Crippen LogP contribution in [0.5, 0.6) is 5.75 Å². The smallest absolute Gasteiger partial charge is 0.352 e. The first-order chi connectivity index (χ1) is 17.3. The van der Waals surface area contributed by atoms with Gasteiger partial charge in [0.2, 0.25) is 0 Å². The summed E-state index contributed by atoms with van der Waals surface area (Å²) in [4.78, 5) is 41.2. The lowest BCUT2D eigenvalue weighted by Gasteiger charge is -2.43. The van der Waals surface area contributed by atoms with E-state index in [4.69, 9.17) is 4.74 Å². The highest BCUT2D eigenvalue weighted by Gasteiger charge is 2.44. The zero-order valence-electron chi connectivity index (χ0n) is 20.7. The number of fused-ring (bicyclic) bond motifs is 5. The highest BCUT2D eigenvalue weighted by Crippen LogP contribution is 2.47. The summed E-state index contributed by atoms with van der Waals surface area (Å²) in [6.07, 6.45) is 2.00. The molecule has 0 saturated carbocycles. The lowest BCUT2D eigenvalue weighted by molar-refractivity contribution is 0.101. The Bertz CT molecular complexity index is 1520. The number of ketones is 1. The molecule has 1 unspecified atom stereocenters. The topological polar surface area (TPSA) is 90.5 Å². The van der Waals surface area contributed by atoms with Gasteiger partial charge in [0, 0.05) is 49.1 Å². The highest BCUT2D eigenvalue weighted by molar-refractivity contribution is 5.94. The van der Waals surface area contributed by atoms with Crippen LogP contribution in [0.3, 0.4) is 0 Å². The van der Waals surface area contributed by atoms with Crippen molar-refractivity contribution in [1.29, 1.82) is 0 Å². The minimum Gasteiger partial charge on any atom is -0.483 e. The van der Waals surface area contributed by atoms with Crippen molar-refractivity contribution in [3.05, 3.63) is 86.2 Å². The van der Waals surface area contributed by atoms with Gasteiger partial charge in [-0.25, -0.2) is 23.5 Å². The number of carbonyl (C=O) groups is 1. The second kappa shape index (κ2) is 8.09. The molecule has 9 heteroatoms. The fourth-order valence-electron chi connectivity index (χ4n) is 5.57. The van der Waals surface area contributed by atoms with E-state index in [0.717, 1.165) is 48.8 Å². The number of piperazine rings is 1. The molecular formula is C27H29N5O4. The average Bonchev–Trinajstić information content (AvgIpc) is 3.13. The Morgan fingerprint density at radius 3 is 2.39 bits per heavy atom. The van der Waals surface area contributed by atoms with Gasteiger partial charge in [0.25, 0.3) is 0 Å². The summed E-state index contributed by atoms with van der Waals surface area (Å²) in [5.74, 6) is 0.654. The summed E-state index contributed by atoms with van der Waals surface area (Å²) in [7, 11) is 0. The number of carbonyl (C=O) groups excluding carboxylic acids is 1. The minimum absolute atomic E-state index is 0.0723. The van der Waals surface area contributed by atoms with Crippen molar-refractivity contribution in [3.8, 4) is 11.4 Å². The Hall–Kier alpha value is -3.85. The van der Waals surface area contributed by atoms with Gasteiger partial charge in [-0.2, -0.15) is 0 Å². The zero-order chi connectivity index (χ0) is 25.2. The first kappa shape index (κ1) is 22.6. The predicted molar refractivity (Wildman–Crippen MR) is 137 cm³/mol. The molecule has 1 saturated heterocycles. The number of anilines is 1. The molecule has 0 amide bonds. The van der Waals surface area contributed by atoms with Crippen LogP contribution in [0.15, 0.2) is 63.7 Å². The Kier molecular flexibility index (Phi) is 5.08. The third-order valence-corrected chi connectivity index (χ3v) is 7.45. The van der Waals surface area contributed by atoms with Crippen LogP contribution in [0.1, 0.15) is 42.7 Å². The molecule has 6 rings (SSSR count). The van der Waals surface area contributed by atoms with Gasteiger partial charge in [0.1, 0.15) is 17.4 Å². The monoisotopic (exact) mass is 487 g/mol. The quantitative estimate of drug-likeness (QED) is 0.450. The van der Waals surface area contributed by atoms with E-state index < -0.39 is 23.0 Å². The summed E-state index contributed by atoms with van der Waals surface area (Å²) in [5.41, 5.74) is 2.39. The van der Waals surface area contributed by atoms with Crippen LogP contribution in [0.2, 0.25) is 0 Å². The maximum absolute atomic E-state index is 13.8. The van der Waals surface area contributed by atoms with E-state index in [1.165, 1.54) is 16.2 Å². The van der Waals surface area contributed by atoms with Gasteiger partial charge in [0.15, 0.2) is 5.78 Å². The molecule has 9 nitrogen and oxygen atoms in total. The fourth-order valence-corrected chi connectivity index (χ4v) is 5.57. The molecule has 1 fully saturated rings. The van der Waals surface area contributed by atoms with Gasteiger partial charge in [-0.3, -0.25) is 4.79 Å². The van der Waals surface area contributed by atoms with E-state index in [9.17, 15) is 14.4 Å². The highest BCUT2D eigenvalue weighted by atomic mass is 16.5. The second-order valence-corrected chi connectivity index (χ2v) is 10.1. The molecule has 1 aromatic heterocycles. The number of nitrogens with zero attached hydrogens (tertiary/aromatic N) is 4. The molecule has 0 aliphatic carbocycles. The Balaban J connectivity index is 1.49. The summed E-state index contributed by atoms with van der Waals surface area (Å²) in [5, 5.41) is 3.37. The van der Waals surface area contributed by atoms with Crippen LogP contribution in [0.4, 0.5) is 5.69 Å². The van der Waals surface area contributed by atoms with Crippen LogP contribution in [-0.4, -0.2) is 51.5 Å². The van der Waals surface area contributed by atoms with Gasteiger partial charge in [-0.1, -0.05) is 12.1 Å². The molecule has 0 spiro atoms. The molecule has 3 aromatic rings. The van der Waals surface area contributed by atoms with E-state index in [1.54, 1.807) is 28.9 Å². The first-order valence-electron chi connectivity index (χ1n) is 12.3. The normalized spacial score (nSPS) is 20.0. The van der Waals surface area contributed by atoms with Crippen LogP contribution < -0.4 is 26.3 Å². The Labute approximate surface area is 208 Å². The predicted octanol–water partition coefficient (Wildman–Crippen LogP) is 2.11. The molecule has 0 radical (unpaired) electrons. The summed E-state index contributed by atoms with van der Waals surface area (Å²) < 4.78 is 10.7. The van der Waals surface area contributed by atoms with E-state index in [-0.39, 0.29) is 12.3 Å². The van der Waals surface area contributed by atoms with Gasteiger partial charge in [-0.05, 0) is 56.7 Å². The fraction of sp³-hybridized carbons (Fsp3) is 0.370. The molecule has 3 aliphatic heterocycles. The average molecular weight is 488 g/mol. The van der Waals surface area contributed by atoms with Crippen molar-refractivity contribution in [2.45, 2.75) is 39.0 Å². The van der Waals surface area contributed by atoms with Gasteiger partial charge >= 0.3 is 11.4 Å². The van der Waals surface area contributed by atoms with Crippen LogP contribution in [0, 0.1) is 0 Å². The number of aromatic nitrogens is 3. The number of ether oxygens (including phenoxy) is 1. The van der Waals surface area contributed by atoms with Crippen LogP contribution in [-0.2, 0) is 6.54 Å². The maximum atomic E-state index is 13.8. The molecule has 0 bridgehead atoms. The molecule has 4 heterocycles. The Morgan fingerprint density at radius 1 is 1.00 bits per heavy atom. The number of Topliss-reactive ketones (excluding diaryl/α,β-unsaturated/α-hetero) is 1. The van der Waals surface area contributed by atoms with E-state index in [1.807, 2.05) is 26.0 Å². The largest absolute Gasteiger partial charge is 0.483 e. The van der Waals surface area contributed by atoms with Gasteiger partial charge < -0.3 is 15.0 Å². The van der Waals surface area contributed by atoms with E-state index in [2.05, 4.69) is 22.3 Å². The van der Waals surface area contributed by atoms with Crippen molar-refractivity contribution in [1.82, 2.24) is 19.2 Å². The van der Waals surface area contributed by atoms with Crippen LogP contribution >= 0.6 is 0 Å². The standard InChI is InChI=1S/C27H29N5O4/c1-17(33)18-4-6-19(7-5-18)31-25(34)30-13-10-22-24(32(30)26(31)35)21-9-8-20(29-14-11-28-12-15-29)16-23(21)36-27(22,2)3/h4-10,16,24,28H,11-15H2,1-3H3. The van der Waals surface area contributed by atoms with Crippen molar-refractivity contribution >= 4 is 11.5 Å². The molecular weight excluding hydrogens is 458 g/mol. The lowest BCUT2D eigenvalue weighted by atomic mass is 9.83. The SMILES string of the molecule is CC(=O)c1ccc(-n2c(=O)n3n(c2=O)C2C(=CC3)C(C)(C)Oc3cc(N4CCNCC4)ccc32)cc1. The maximum Gasteiger partial charge on any atom is 0.352 e.